The maximum Gasteiger partial charge on any atom is 0.191 e. The Bertz CT molecular complexity index is 613. The van der Waals surface area contributed by atoms with Crippen molar-refractivity contribution in [1.29, 1.82) is 0 Å². The average molecular weight is 509 g/mol. The maximum absolute atomic E-state index is 4.61. The third-order valence-corrected chi connectivity index (χ3v) is 4.37. The van der Waals surface area contributed by atoms with Crippen molar-refractivity contribution >= 4 is 57.2 Å². The fourth-order valence-corrected chi connectivity index (χ4v) is 2.85. The number of thiazole rings is 1. The summed E-state index contributed by atoms with van der Waals surface area (Å²) >= 11 is 5.14. The highest BCUT2D eigenvalue weighted by atomic mass is 127. The molecule has 1 aromatic heterocycles. The Kier molecular flexibility index (Phi) is 9.73. The number of aryl methyl sites for hydroxylation is 1. The lowest BCUT2D eigenvalue weighted by Crippen LogP contribution is -2.38. The molecule has 23 heavy (non-hydrogen) atoms. The van der Waals surface area contributed by atoms with Gasteiger partial charge in [0.25, 0.3) is 0 Å². The van der Waals surface area contributed by atoms with Crippen LogP contribution in [0.15, 0.2) is 39.1 Å². The number of hydrogen-bond donors (Lipinski definition) is 2. The Morgan fingerprint density at radius 2 is 2.00 bits per heavy atom. The van der Waals surface area contributed by atoms with Gasteiger partial charge in [-0.3, -0.25) is 0 Å². The Hall–Kier alpha value is -0.670. The second kappa shape index (κ2) is 11.0. The standard InChI is InChI=1S/C16H21BrN4S.HI/c1-3-18-16(19-9-8-15-11-22-12(2)21-15)20-10-13-4-6-14(17)7-5-13;/h4-7,11H,3,8-10H2,1-2H3,(H2,18,19,20);1H. The normalized spacial score (nSPS) is 11.0. The summed E-state index contributed by atoms with van der Waals surface area (Å²) in [5.74, 6) is 0.845. The molecule has 0 fully saturated rings. The molecule has 0 radical (unpaired) electrons. The van der Waals surface area contributed by atoms with Crippen molar-refractivity contribution in [2.45, 2.75) is 26.8 Å². The minimum atomic E-state index is 0. The van der Waals surface area contributed by atoms with E-state index in [0.717, 1.165) is 40.6 Å². The van der Waals surface area contributed by atoms with Crippen LogP contribution >= 0.6 is 51.2 Å². The van der Waals surface area contributed by atoms with Gasteiger partial charge in [-0.2, -0.15) is 0 Å². The third-order valence-electron chi connectivity index (χ3n) is 3.02. The molecular weight excluding hydrogens is 487 g/mol. The Labute approximate surface area is 167 Å². The first-order valence-corrected chi connectivity index (χ1v) is 9.02. The third kappa shape index (κ3) is 7.63. The average Bonchev–Trinajstić information content (AvgIpc) is 2.92. The molecule has 2 rings (SSSR count). The quantitative estimate of drug-likeness (QED) is 0.350. The van der Waals surface area contributed by atoms with Crippen LogP contribution in [0.1, 0.15) is 23.2 Å². The summed E-state index contributed by atoms with van der Waals surface area (Å²) in [6, 6.07) is 8.23. The maximum atomic E-state index is 4.61. The number of hydrogen-bond acceptors (Lipinski definition) is 3. The number of rotatable bonds is 6. The molecular formula is C16H22BrIN4S. The van der Waals surface area contributed by atoms with Crippen LogP contribution in [0.2, 0.25) is 0 Å². The number of halogens is 2. The van der Waals surface area contributed by atoms with Crippen LogP contribution in [0.5, 0.6) is 0 Å². The van der Waals surface area contributed by atoms with Crippen LogP contribution in [0.4, 0.5) is 0 Å². The van der Waals surface area contributed by atoms with Crippen molar-refractivity contribution < 1.29 is 0 Å². The SMILES string of the molecule is CCNC(=NCc1ccc(Br)cc1)NCCc1csc(C)n1.I. The number of benzene rings is 1. The molecule has 0 aliphatic rings. The first-order valence-electron chi connectivity index (χ1n) is 7.35. The van der Waals surface area contributed by atoms with Crippen LogP contribution in [-0.4, -0.2) is 24.0 Å². The second-order valence-electron chi connectivity index (χ2n) is 4.86. The Morgan fingerprint density at radius 1 is 1.26 bits per heavy atom. The van der Waals surface area contributed by atoms with Crippen molar-refractivity contribution in [2.24, 2.45) is 4.99 Å². The molecule has 0 unspecified atom stereocenters. The number of guanidine groups is 1. The fourth-order valence-electron chi connectivity index (χ4n) is 1.93. The Morgan fingerprint density at radius 3 is 2.61 bits per heavy atom. The molecule has 0 spiro atoms. The van der Waals surface area contributed by atoms with Gasteiger partial charge in [0.15, 0.2) is 5.96 Å². The number of nitrogens with zero attached hydrogens (tertiary/aromatic N) is 2. The van der Waals surface area contributed by atoms with E-state index in [9.17, 15) is 0 Å². The summed E-state index contributed by atoms with van der Waals surface area (Å²) in [4.78, 5) is 9.08. The molecule has 2 aromatic rings. The van der Waals surface area contributed by atoms with Crippen LogP contribution in [-0.2, 0) is 13.0 Å². The van der Waals surface area contributed by atoms with Crippen LogP contribution in [0.3, 0.4) is 0 Å². The minimum absolute atomic E-state index is 0. The number of aliphatic imine (C=N–C) groups is 1. The molecule has 4 nitrogen and oxygen atoms in total. The van der Waals surface area contributed by atoms with Crippen LogP contribution in [0.25, 0.3) is 0 Å². The van der Waals surface area contributed by atoms with Gasteiger partial charge in [0.05, 0.1) is 17.2 Å². The van der Waals surface area contributed by atoms with Gasteiger partial charge in [-0.05, 0) is 31.5 Å². The summed E-state index contributed by atoms with van der Waals surface area (Å²) in [7, 11) is 0. The summed E-state index contributed by atoms with van der Waals surface area (Å²) in [6.45, 7) is 6.45. The van der Waals surface area contributed by atoms with Crippen molar-refractivity contribution in [3.63, 3.8) is 0 Å². The van der Waals surface area contributed by atoms with Crippen molar-refractivity contribution in [3.8, 4) is 0 Å². The zero-order chi connectivity index (χ0) is 15.8. The molecule has 126 valence electrons. The van der Waals surface area contributed by atoms with Gasteiger partial charge in [-0.25, -0.2) is 9.98 Å². The van der Waals surface area contributed by atoms with Gasteiger partial charge in [0, 0.05) is 29.4 Å². The van der Waals surface area contributed by atoms with Gasteiger partial charge in [-0.1, -0.05) is 28.1 Å². The van der Waals surface area contributed by atoms with E-state index in [2.05, 4.69) is 61.0 Å². The van der Waals surface area contributed by atoms with E-state index < -0.39 is 0 Å². The molecule has 0 bridgehead atoms. The molecule has 0 aliphatic heterocycles. The van der Waals surface area contributed by atoms with Crippen molar-refractivity contribution in [3.05, 3.63) is 50.4 Å². The molecule has 0 atom stereocenters. The fraction of sp³-hybridized carbons (Fsp3) is 0.375. The summed E-state index contributed by atoms with van der Waals surface area (Å²) < 4.78 is 1.09. The van der Waals surface area contributed by atoms with E-state index in [0.29, 0.717) is 6.54 Å². The number of nitrogens with one attached hydrogen (secondary N) is 2. The van der Waals surface area contributed by atoms with Crippen LogP contribution < -0.4 is 10.6 Å². The molecule has 0 amide bonds. The van der Waals surface area contributed by atoms with E-state index in [1.807, 2.05) is 19.1 Å². The summed E-state index contributed by atoms with van der Waals surface area (Å²) in [6.07, 6.45) is 0.910. The van der Waals surface area contributed by atoms with Gasteiger partial charge >= 0.3 is 0 Å². The molecule has 0 saturated carbocycles. The van der Waals surface area contributed by atoms with Gasteiger partial charge in [0.1, 0.15) is 0 Å². The number of aromatic nitrogens is 1. The van der Waals surface area contributed by atoms with E-state index >= 15 is 0 Å². The summed E-state index contributed by atoms with van der Waals surface area (Å²) in [5, 5.41) is 9.85. The highest BCUT2D eigenvalue weighted by molar-refractivity contribution is 14.0. The highest BCUT2D eigenvalue weighted by Crippen LogP contribution is 2.11. The second-order valence-corrected chi connectivity index (χ2v) is 6.83. The first kappa shape index (κ1) is 20.4. The molecule has 0 aliphatic carbocycles. The largest absolute Gasteiger partial charge is 0.357 e. The van der Waals surface area contributed by atoms with Crippen molar-refractivity contribution in [1.82, 2.24) is 15.6 Å². The smallest absolute Gasteiger partial charge is 0.191 e. The topological polar surface area (TPSA) is 49.3 Å². The lowest BCUT2D eigenvalue weighted by molar-refractivity contribution is 0.790. The van der Waals surface area contributed by atoms with Crippen molar-refractivity contribution in [2.75, 3.05) is 13.1 Å². The lowest BCUT2D eigenvalue weighted by Gasteiger charge is -2.10. The van der Waals surface area contributed by atoms with Gasteiger partial charge in [0.2, 0.25) is 0 Å². The minimum Gasteiger partial charge on any atom is -0.357 e. The first-order chi connectivity index (χ1) is 10.7. The lowest BCUT2D eigenvalue weighted by atomic mass is 10.2. The monoisotopic (exact) mass is 508 g/mol. The zero-order valence-electron chi connectivity index (χ0n) is 13.3. The van der Waals surface area contributed by atoms with Gasteiger partial charge < -0.3 is 10.6 Å². The van der Waals surface area contributed by atoms with Gasteiger partial charge in [-0.15, -0.1) is 35.3 Å². The molecule has 1 aromatic carbocycles. The van der Waals surface area contributed by atoms with Crippen LogP contribution in [0, 0.1) is 6.92 Å². The van der Waals surface area contributed by atoms with E-state index in [1.165, 1.54) is 5.56 Å². The molecule has 1 heterocycles. The Balaban J connectivity index is 0.00000264. The molecule has 0 saturated heterocycles. The summed E-state index contributed by atoms with van der Waals surface area (Å²) in [5.41, 5.74) is 2.33. The zero-order valence-corrected chi connectivity index (χ0v) is 18.0. The van der Waals surface area contributed by atoms with E-state index in [4.69, 9.17) is 0 Å². The highest BCUT2D eigenvalue weighted by Gasteiger charge is 2.01. The van der Waals surface area contributed by atoms with E-state index in [-0.39, 0.29) is 24.0 Å². The predicted molar refractivity (Wildman–Crippen MR) is 113 cm³/mol. The molecule has 7 heteroatoms. The predicted octanol–water partition coefficient (Wildman–Crippen LogP) is 4.13. The molecule has 2 N–H and O–H groups in total. The van der Waals surface area contributed by atoms with E-state index in [1.54, 1.807) is 11.3 Å².